The zero-order valence-corrected chi connectivity index (χ0v) is 12.8. The van der Waals surface area contributed by atoms with E-state index in [-0.39, 0.29) is 12.0 Å². The van der Waals surface area contributed by atoms with E-state index in [1.165, 1.54) is 6.34 Å². The summed E-state index contributed by atoms with van der Waals surface area (Å²) in [6.45, 7) is 0. The van der Waals surface area contributed by atoms with Crippen molar-refractivity contribution in [3.8, 4) is 0 Å². The number of amides is 1. The third-order valence-electron chi connectivity index (χ3n) is 4.37. The van der Waals surface area contributed by atoms with E-state index < -0.39 is 0 Å². The number of carbonyl (C=O) groups excluding carboxylic acids is 1. The minimum Gasteiger partial charge on any atom is -0.377 e. The zero-order chi connectivity index (χ0) is 15.7. The second kappa shape index (κ2) is 5.81. The molecule has 1 aliphatic rings. The Morgan fingerprint density at radius 1 is 1.55 bits per heavy atom. The Kier molecular flexibility index (Phi) is 3.85. The van der Waals surface area contributed by atoms with E-state index in [9.17, 15) is 4.79 Å². The quantitative estimate of drug-likeness (QED) is 0.393. The molecule has 1 unspecified atom stereocenters. The Bertz CT molecular complexity index is 748. The van der Waals surface area contributed by atoms with Crippen molar-refractivity contribution in [1.29, 1.82) is 0 Å². The molecule has 0 bridgehead atoms. The predicted molar refractivity (Wildman–Crippen MR) is 85.8 cm³/mol. The molecule has 0 fully saturated rings. The molecule has 1 heterocycles. The maximum atomic E-state index is 12.5. The fourth-order valence-corrected chi connectivity index (χ4v) is 3.44. The van der Waals surface area contributed by atoms with Crippen LogP contribution in [0.1, 0.15) is 40.6 Å². The Balaban J connectivity index is 2.24. The van der Waals surface area contributed by atoms with Crippen molar-refractivity contribution in [1.82, 2.24) is 9.88 Å². The summed E-state index contributed by atoms with van der Waals surface area (Å²) >= 11 is 0. The van der Waals surface area contributed by atoms with Crippen LogP contribution in [0.2, 0.25) is 0 Å². The molecule has 1 atom stereocenters. The minimum absolute atomic E-state index is 0.0777. The molecule has 1 amide bonds. The molecule has 2 aromatic rings. The van der Waals surface area contributed by atoms with E-state index in [1.54, 1.807) is 7.11 Å². The largest absolute Gasteiger partial charge is 0.377 e. The van der Waals surface area contributed by atoms with Gasteiger partial charge in [0.2, 0.25) is 0 Å². The van der Waals surface area contributed by atoms with E-state index in [0.29, 0.717) is 5.69 Å². The van der Waals surface area contributed by atoms with Crippen LogP contribution < -0.4 is 11.2 Å². The van der Waals surface area contributed by atoms with Crippen LogP contribution in [-0.4, -0.2) is 23.9 Å². The Labute approximate surface area is 128 Å². The van der Waals surface area contributed by atoms with Crippen LogP contribution in [0.4, 0.5) is 0 Å². The molecule has 3 rings (SSSR count). The summed E-state index contributed by atoms with van der Waals surface area (Å²) in [5, 5.41) is 7.08. The summed E-state index contributed by atoms with van der Waals surface area (Å²) in [6.07, 6.45) is 4.09. The average molecular weight is 300 g/mol. The predicted octanol–water partition coefficient (Wildman–Crippen LogP) is 1.83. The van der Waals surface area contributed by atoms with Gasteiger partial charge in [0.15, 0.2) is 0 Å². The zero-order valence-electron chi connectivity index (χ0n) is 12.8. The standard InChI is InChI=1S/C16H20N4O2/c1-20-12-7-3-5-10-13(22-2)8-4-6-11(14(10)12)15(20)16(21)18-9-19-17/h3,5,7,9,13H,4,6,8,17H2,1-2H3,(H,18,19,21). The van der Waals surface area contributed by atoms with Crippen molar-refractivity contribution in [2.24, 2.45) is 18.0 Å². The number of hydrazone groups is 1. The highest BCUT2D eigenvalue weighted by molar-refractivity contribution is 6.06. The van der Waals surface area contributed by atoms with Crippen molar-refractivity contribution in [2.45, 2.75) is 25.4 Å². The average Bonchev–Trinajstić information content (AvgIpc) is 2.69. The molecule has 22 heavy (non-hydrogen) atoms. The number of benzene rings is 1. The van der Waals surface area contributed by atoms with Crippen LogP contribution in [0.5, 0.6) is 0 Å². The lowest BCUT2D eigenvalue weighted by Gasteiger charge is -2.14. The first-order valence-corrected chi connectivity index (χ1v) is 7.34. The van der Waals surface area contributed by atoms with Gasteiger partial charge >= 0.3 is 0 Å². The number of nitrogens with one attached hydrogen (secondary N) is 1. The molecule has 116 valence electrons. The highest BCUT2D eigenvalue weighted by atomic mass is 16.5. The van der Waals surface area contributed by atoms with E-state index in [1.807, 2.05) is 23.7 Å². The lowest BCUT2D eigenvalue weighted by atomic mass is 10.0. The number of carbonyl (C=O) groups is 1. The third kappa shape index (κ3) is 2.16. The Hall–Kier alpha value is -2.34. The van der Waals surface area contributed by atoms with E-state index in [0.717, 1.165) is 41.3 Å². The van der Waals surface area contributed by atoms with Crippen LogP contribution in [-0.2, 0) is 18.2 Å². The van der Waals surface area contributed by atoms with Gasteiger partial charge in [-0.3, -0.25) is 4.79 Å². The molecule has 1 aliphatic carbocycles. The normalized spacial score (nSPS) is 17.8. The molecule has 6 heteroatoms. The van der Waals surface area contributed by atoms with Gasteiger partial charge in [-0.2, -0.15) is 5.10 Å². The monoisotopic (exact) mass is 300 g/mol. The third-order valence-corrected chi connectivity index (χ3v) is 4.37. The smallest absolute Gasteiger partial charge is 0.273 e. The Morgan fingerprint density at radius 2 is 2.36 bits per heavy atom. The van der Waals surface area contributed by atoms with Gasteiger partial charge in [-0.05, 0) is 36.5 Å². The van der Waals surface area contributed by atoms with Crippen LogP contribution in [0.15, 0.2) is 23.3 Å². The van der Waals surface area contributed by atoms with Crippen LogP contribution in [0, 0.1) is 0 Å². The molecule has 0 aliphatic heterocycles. The van der Waals surface area contributed by atoms with Gasteiger partial charge in [0, 0.05) is 25.1 Å². The Morgan fingerprint density at radius 3 is 3.09 bits per heavy atom. The fraction of sp³-hybridized carbons (Fsp3) is 0.375. The van der Waals surface area contributed by atoms with Gasteiger partial charge in [-0.15, -0.1) is 0 Å². The summed E-state index contributed by atoms with van der Waals surface area (Å²) in [6, 6.07) is 6.14. The highest BCUT2D eigenvalue weighted by Gasteiger charge is 2.27. The van der Waals surface area contributed by atoms with Crippen molar-refractivity contribution in [3.05, 3.63) is 35.0 Å². The van der Waals surface area contributed by atoms with Crippen LogP contribution in [0.3, 0.4) is 0 Å². The fourth-order valence-electron chi connectivity index (χ4n) is 3.44. The molecule has 0 saturated carbocycles. The molecule has 6 nitrogen and oxygen atoms in total. The number of methoxy groups -OCH3 is 1. The lowest BCUT2D eigenvalue weighted by molar-refractivity contribution is 0.0959. The maximum absolute atomic E-state index is 12.5. The van der Waals surface area contributed by atoms with Gasteiger partial charge in [-0.1, -0.05) is 12.1 Å². The van der Waals surface area contributed by atoms with E-state index in [4.69, 9.17) is 10.6 Å². The molecule has 0 spiro atoms. The molecule has 1 aromatic carbocycles. The van der Waals surface area contributed by atoms with E-state index in [2.05, 4.69) is 16.5 Å². The summed E-state index contributed by atoms with van der Waals surface area (Å²) in [5.74, 6) is 4.88. The van der Waals surface area contributed by atoms with Gasteiger partial charge < -0.3 is 20.5 Å². The molecule has 0 saturated heterocycles. The number of rotatable bonds is 3. The topological polar surface area (TPSA) is 81.6 Å². The summed E-state index contributed by atoms with van der Waals surface area (Å²) in [4.78, 5) is 12.5. The van der Waals surface area contributed by atoms with E-state index >= 15 is 0 Å². The highest BCUT2D eigenvalue weighted by Crippen LogP contribution is 2.38. The van der Waals surface area contributed by atoms with Gasteiger partial charge in [0.1, 0.15) is 12.0 Å². The van der Waals surface area contributed by atoms with Crippen LogP contribution >= 0.6 is 0 Å². The van der Waals surface area contributed by atoms with Crippen LogP contribution in [0.25, 0.3) is 10.9 Å². The number of nitrogens with zero attached hydrogens (tertiary/aromatic N) is 2. The molecule has 1 aromatic heterocycles. The number of hydrogen-bond acceptors (Lipinski definition) is 4. The van der Waals surface area contributed by atoms with Crippen molar-refractivity contribution in [3.63, 3.8) is 0 Å². The number of aryl methyl sites for hydroxylation is 2. The summed E-state index contributed by atoms with van der Waals surface area (Å²) in [5.41, 5.74) is 3.95. The minimum atomic E-state index is -0.190. The van der Waals surface area contributed by atoms with Gasteiger partial charge in [0.25, 0.3) is 5.91 Å². The number of ether oxygens (including phenoxy) is 1. The number of nitrogens with two attached hydrogens (primary N) is 1. The first-order chi connectivity index (χ1) is 10.7. The molecular formula is C16H20N4O2. The molecule has 0 radical (unpaired) electrons. The lowest BCUT2D eigenvalue weighted by Crippen LogP contribution is -2.25. The second-order valence-corrected chi connectivity index (χ2v) is 5.50. The van der Waals surface area contributed by atoms with Crippen molar-refractivity contribution < 1.29 is 9.53 Å². The summed E-state index contributed by atoms with van der Waals surface area (Å²) in [7, 11) is 3.65. The SMILES string of the molecule is COC1CCCc2c(C(=O)NC=NN)n(C)c3cccc1c23. The number of hydrogen-bond donors (Lipinski definition) is 2. The maximum Gasteiger partial charge on any atom is 0.273 e. The summed E-state index contributed by atoms with van der Waals surface area (Å²) < 4.78 is 7.58. The van der Waals surface area contributed by atoms with Crippen molar-refractivity contribution >= 4 is 23.1 Å². The first kappa shape index (κ1) is 14.6. The second-order valence-electron chi connectivity index (χ2n) is 5.50. The molecular weight excluding hydrogens is 280 g/mol. The van der Waals surface area contributed by atoms with Gasteiger partial charge in [0.05, 0.1) is 6.10 Å². The molecule has 3 N–H and O–H groups in total. The van der Waals surface area contributed by atoms with Crippen molar-refractivity contribution in [2.75, 3.05) is 7.11 Å². The van der Waals surface area contributed by atoms with Gasteiger partial charge in [-0.25, -0.2) is 0 Å². The number of aromatic nitrogens is 1. The first-order valence-electron chi connectivity index (χ1n) is 7.34.